The summed E-state index contributed by atoms with van der Waals surface area (Å²) in [5, 5.41) is 0. The van der Waals surface area contributed by atoms with Crippen molar-refractivity contribution in [2.24, 2.45) is 0 Å². The molecular formula is C18H14N2O4. The van der Waals surface area contributed by atoms with Gasteiger partial charge in [-0.25, -0.2) is 9.69 Å². The Morgan fingerprint density at radius 1 is 0.958 bits per heavy atom. The minimum atomic E-state index is -0.677. The molecule has 1 aromatic carbocycles. The Hall–Kier alpha value is -3.41. The quantitative estimate of drug-likeness (QED) is 0.643. The van der Waals surface area contributed by atoms with Crippen LogP contribution in [0.25, 0.3) is 6.08 Å². The van der Waals surface area contributed by atoms with Crippen molar-refractivity contribution in [1.82, 2.24) is 4.90 Å². The Morgan fingerprint density at radius 3 is 2.38 bits per heavy atom. The van der Waals surface area contributed by atoms with Crippen molar-refractivity contribution in [3.05, 3.63) is 72.2 Å². The van der Waals surface area contributed by atoms with Crippen molar-refractivity contribution in [1.29, 1.82) is 0 Å². The number of carbonyl (C=O) groups excluding carboxylic acids is 3. The van der Waals surface area contributed by atoms with Gasteiger partial charge in [0.05, 0.1) is 12.0 Å². The predicted molar refractivity (Wildman–Crippen MR) is 87.9 cm³/mol. The molecule has 24 heavy (non-hydrogen) atoms. The van der Waals surface area contributed by atoms with Gasteiger partial charge in [0.15, 0.2) is 0 Å². The van der Waals surface area contributed by atoms with Gasteiger partial charge in [-0.1, -0.05) is 24.3 Å². The van der Waals surface area contributed by atoms with Gasteiger partial charge < -0.3 is 4.42 Å². The molecular weight excluding hydrogens is 308 g/mol. The molecule has 0 spiro atoms. The van der Waals surface area contributed by atoms with Crippen LogP contribution in [0.2, 0.25) is 0 Å². The number of carbonyl (C=O) groups is 3. The molecule has 0 unspecified atom stereocenters. The number of nitrogens with zero attached hydrogens (tertiary/aromatic N) is 2. The first kappa shape index (κ1) is 15.5. The second-order valence-corrected chi connectivity index (χ2v) is 5.08. The van der Waals surface area contributed by atoms with E-state index in [-0.39, 0.29) is 5.57 Å². The van der Waals surface area contributed by atoms with E-state index in [0.29, 0.717) is 11.4 Å². The van der Waals surface area contributed by atoms with E-state index in [1.165, 1.54) is 25.5 Å². The second-order valence-electron chi connectivity index (χ2n) is 5.08. The molecule has 6 nitrogen and oxygen atoms in total. The minimum Gasteiger partial charge on any atom is -0.465 e. The number of likely N-dealkylation sites (N-methyl/N-ethyl adjacent to an activating group) is 1. The standard InChI is InChI=1S/C18H14N2O4/c1-19-16(21)15(11-5-9-14-10-6-12-24-14)17(22)20(18(19)23)13-7-3-2-4-8-13/h2-12H,1H3/b9-5+,15-11+. The van der Waals surface area contributed by atoms with Crippen LogP contribution in [0.1, 0.15) is 5.76 Å². The number of allylic oxidation sites excluding steroid dienone is 2. The van der Waals surface area contributed by atoms with Crippen LogP contribution < -0.4 is 4.90 Å². The van der Waals surface area contributed by atoms with Gasteiger partial charge in [0.2, 0.25) is 0 Å². The number of urea groups is 1. The monoisotopic (exact) mass is 322 g/mol. The number of benzene rings is 1. The van der Waals surface area contributed by atoms with E-state index in [1.807, 2.05) is 0 Å². The molecule has 2 aromatic rings. The number of furan rings is 1. The third kappa shape index (κ3) is 2.77. The van der Waals surface area contributed by atoms with Crippen molar-refractivity contribution < 1.29 is 18.8 Å². The fourth-order valence-corrected chi connectivity index (χ4v) is 2.29. The molecule has 2 heterocycles. The highest BCUT2D eigenvalue weighted by Gasteiger charge is 2.40. The maximum atomic E-state index is 12.6. The molecule has 0 N–H and O–H groups in total. The van der Waals surface area contributed by atoms with Crippen molar-refractivity contribution in [3.8, 4) is 0 Å². The molecule has 1 fully saturated rings. The summed E-state index contributed by atoms with van der Waals surface area (Å²) in [6.45, 7) is 0. The molecule has 1 aliphatic heterocycles. The lowest BCUT2D eigenvalue weighted by Crippen LogP contribution is -2.55. The molecule has 1 aliphatic rings. The molecule has 6 heteroatoms. The molecule has 0 radical (unpaired) electrons. The molecule has 0 saturated carbocycles. The minimum absolute atomic E-state index is 0.0937. The molecule has 3 rings (SSSR count). The number of imide groups is 2. The molecule has 4 amide bonds. The third-order valence-corrected chi connectivity index (χ3v) is 3.53. The number of hydrogen-bond acceptors (Lipinski definition) is 4. The van der Waals surface area contributed by atoms with Crippen LogP contribution in [0.15, 0.2) is 70.9 Å². The van der Waals surface area contributed by atoms with Gasteiger partial charge in [0.25, 0.3) is 11.8 Å². The van der Waals surface area contributed by atoms with E-state index in [2.05, 4.69) is 0 Å². The highest BCUT2D eigenvalue weighted by atomic mass is 16.3. The highest BCUT2D eigenvalue weighted by Crippen LogP contribution is 2.23. The van der Waals surface area contributed by atoms with Crippen LogP contribution in [-0.2, 0) is 9.59 Å². The lowest BCUT2D eigenvalue weighted by molar-refractivity contribution is -0.128. The molecule has 0 aliphatic carbocycles. The zero-order valence-electron chi connectivity index (χ0n) is 12.9. The fourth-order valence-electron chi connectivity index (χ4n) is 2.29. The van der Waals surface area contributed by atoms with E-state index in [0.717, 1.165) is 9.80 Å². The SMILES string of the molecule is CN1C(=O)/C(=C\C=C\c2ccco2)C(=O)N(c2ccccc2)C1=O. The lowest BCUT2D eigenvalue weighted by atomic mass is 10.1. The normalized spacial score (nSPS) is 17.4. The Bertz CT molecular complexity index is 835. The van der Waals surface area contributed by atoms with Crippen molar-refractivity contribution in [2.45, 2.75) is 0 Å². The lowest BCUT2D eigenvalue weighted by Gasteiger charge is -2.31. The van der Waals surface area contributed by atoms with E-state index < -0.39 is 17.8 Å². The molecule has 1 saturated heterocycles. The van der Waals surface area contributed by atoms with Crippen LogP contribution in [0.5, 0.6) is 0 Å². The molecule has 120 valence electrons. The maximum Gasteiger partial charge on any atom is 0.338 e. The summed E-state index contributed by atoms with van der Waals surface area (Å²) in [6.07, 6.45) is 6.06. The number of para-hydroxylation sites is 1. The van der Waals surface area contributed by atoms with Crippen molar-refractivity contribution >= 4 is 29.6 Å². The predicted octanol–water partition coefficient (Wildman–Crippen LogP) is 2.84. The van der Waals surface area contributed by atoms with E-state index in [9.17, 15) is 14.4 Å². The summed E-state index contributed by atoms with van der Waals surface area (Å²) < 4.78 is 5.14. The first-order chi connectivity index (χ1) is 11.6. The zero-order chi connectivity index (χ0) is 17.1. The summed E-state index contributed by atoms with van der Waals surface area (Å²) in [6, 6.07) is 11.3. The Labute approximate surface area is 138 Å². The average molecular weight is 322 g/mol. The Morgan fingerprint density at radius 2 is 1.71 bits per heavy atom. The first-order valence-corrected chi connectivity index (χ1v) is 7.23. The van der Waals surface area contributed by atoms with Gasteiger partial charge in [0, 0.05) is 7.05 Å². The second kappa shape index (κ2) is 6.37. The van der Waals surface area contributed by atoms with Crippen LogP contribution in [0.4, 0.5) is 10.5 Å². The number of hydrogen-bond donors (Lipinski definition) is 0. The molecule has 1 aromatic heterocycles. The van der Waals surface area contributed by atoms with Crippen LogP contribution in [0, 0.1) is 0 Å². The van der Waals surface area contributed by atoms with Crippen LogP contribution >= 0.6 is 0 Å². The number of amides is 4. The van der Waals surface area contributed by atoms with E-state index in [4.69, 9.17) is 4.42 Å². The van der Waals surface area contributed by atoms with Crippen LogP contribution in [-0.4, -0.2) is 29.8 Å². The third-order valence-electron chi connectivity index (χ3n) is 3.53. The van der Waals surface area contributed by atoms with Gasteiger partial charge in [-0.15, -0.1) is 0 Å². The largest absolute Gasteiger partial charge is 0.465 e. The summed E-state index contributed by atoms with van der Waals surface area (Å²) in [7, 11) is 1.34. The van der Waals surface area contributed by atoms with Gasteiger partial charge in [-0.2, -0.15) is 0 Å². The van der Waals surface area contributed by atoms with Crippen LogP contribution in [0.3, 0.4) is 0 Å². The Balaban J connectivity index is 1.95. The van der Waals surface area contributed by atoms with E-state index in [1.54, 1.807) is 48.5 Å². The topological polar surface area (TPSA) is 70.8 Å². The fraction of sp³-hybridized carbons (Fsp3) is 0.0556. The maximum absolute atomic E-state index is 12.6. The summed E-state index contributed by atoms with van der Waals surface area (Å²) in [5.41, 5.74) is 0.316. The van der Waals surface area contributed by atoms with Gasteiger partial charge in [-0.05, 0) is 36.4 Å². The average Bonchev–Trinajstić information content (AvgIpc) is 3.11. The Kier molecular flexibility index (Phi) is 4.11. The smallest absolute Gasteiger partial charge is 0.338 e. The van der Waals surface area contributed by atoms with E-state index >= 15 is 0 Å². The van der Waals surface area contributed by atoms with Gasteiger partial charge in [-0.3, -0.25) is 14.5 Å². The summed E-state index contributed by atoms with van der Waals surface area (Å²) in [4.78, 5) is 39.1. The van der Waals surface area contributed by atoms with Crippen molar-refractivity contribution in [3.63, 3.8) is 0 Å². The number of barbiturate groups is 1. The number of rotatable bonds is 3. The summed E-state index contributed by atoms with van der Waals surface area (Å²) >= 11 is 0. The zero-order valence-corrected chi connectivity index (χ0v) is 12.9. The summed E-state index contributed by atoms with van der Waals surface area (Å²) in [5.74, 6) is -0.702. The highest BCUT2D eigenvalue weighted by molar-refractivity contribution is 6.37. The van der Waals surface area contributed by atoms with Gasteiger partial charge >= 0.3 is 6.03 Å². The molecule has 0 bridgehead atoms. The first-order valence-electron chi connectivity index (χ1n) is 7.23. The van der Waals surface area contributed by atoms with Crippen molar-refractivity contribution in [2.75, 3.05) is 11.9 Å². The number of anilines is 1. The van der Waals surface area contributed by atoms with Gasteiger partial charge in [0.1, 0.15) is 11.3 Å². The molecule has 0 atom stereocenters.